The van der Waals surface area contributed by atoms with Crippen LogP contribution in [-0.2, 0) is 31.2 Å². The molecule has 7 aromatic rings. The van der Waals surface area contributed by atoms with Crippen LogP contribution in [-0.4, -0.2) is 29.5 Å². The molecule has 0 bridgehead atoms. The van der Waals surface area contributed by atoms with E-state index in [0.717, 1.165) is 44.9 Å². The van der Waals surface area contributed by atoms with Gasteiger partial charge >= 0.3 is 0 Å². The van der Waals surface area contributed by atoms with E-state index in [9.17, 15) is 9.90 Å². The molecule has 7 rings (SSSR count). The van der Waals surface area contributed by atoms with Crippen molar-refractivity contribution in [3.05, 3.63) is 227 Å². The summed E-state index contributed by atoms with van der Waals surface area (Å²) in [6.45, 7) is 2.89. The van der Waals surface area contributed by atoms with E-state index in [4.69, 9.17) is 14.2 Å². The number of nitrogens with zero attached hydrogens (tertiary/aromatic N) is 1. The lowest BCUT2D eigenvalue weighted by Crippen LogP contribution is -2.33. The number of ether oxygens (including phenoxy) is 3. The van der Waals surface area contributed by atoms with Gasteiger partial charge in [-0.1, -0.05) is 152 Å². The van der Waals surface area contributed by atoms with E-state index in [2.05, 4.69) is 70.9 Å². The number of benzene rings is 7. The van der Waals surface area contributed by atoms with Gasteiger partial charge in [0, 0.05) is 25.6 Å². The molecule has 1 atom stereocenters. The van der Waals surface area contributed by atoms with E-state index in [-0.39, 0.29) is 5.92 Å². The Labute approximate surface area is 341 Å². The maximum Gasteiger partial charge on any atom is 0.211 e. The van der Waals surface area contributed by atoms with E-state index in [1.165, 1.54) is 0 Å². The SMILES string of the molecule is O=CNc1cc([C@@H](O)CN(Cc2ccccc2)CC(c2ccc(OCc3ccccc3)cc2)c2ccc(OCc3ccccc3)cc2)ccc1OCc1ccccc1. The molecular formula is C51H48N2O5. The van der Waals surface area contributed by atoms with Crippen LogP contribution >= 0.6 is 0 Å². The molecule has 7 heteroatoms. The van der Waals surface area contributed by atoms with Gasteiger partial charge in [-0.25, -0.2) is 0 Å². The van der Waals surface area contributed by atoms with Gasteiger partial charge in [-0.15, -0.1) is 0 Å². The fourth-order valence-electron chi connectivity index (χ4n) is 6.92. The van der Waals surface area contributed by atoms with Gasteiger partial charge in [-0.2, -0.15) is 0 Å². The maximum absolute atomic E-state index is 11.9. The van der Waals surface area contributed by atoms with Crippen molar-refractivity contribution in [3.8, 4) is 17.2 Å². The normalized spacial score (nSPS) is 11.6. The third kappa shape index (κ3) is 11.4. The molecule has 0 aliphatic heterocycles. The van der Waals surface area contributed by atoms with E-state index in [0.29, 0.717) is 62.9 Å². The van der Waals surface area contributed by atoms with Gasteiger partial charge in [0.05, 0.1) is 11.8 Å². The second-order valence-corrected chi connectivity index (χ2v) is 14.2. The van der Waals surface area contributed by atoms with Crippen LogP contribution in [0.4, 0.5) is 5.69 Å². The highest BCUT2D eigenvalue weighted by Gasteiger charge is 2.23. The molecule has 7 nitrogen and oxygen atoms in total. The summed E-state index contributed by atoms with van der Waals surface area (Å²) >= 11 is 0. The number of rotatable bonds is 20. The van der Waals surface area contributed by atoms with Crippen molar-refractivity contribution in [2.45, 2.75) is 38.4 Å². The largest absolute Gasteiger partial charge is 0.489 e. The van der Waals surface area contributed by atoms with Crippen LogP contribution in [0.2, 0.25) is 0 Å². The summed E-state index contributed by atoms with van der Waals surface area (Å²) in [5.41, 5.74) is 7.78. The topological polar surface area (TPSA) is 80.3 Å². The number of carbonyl (C=O) groups is 1. The number of aliphatic hydroxyl groups is 1. The molecule has 58 heavy (non-hydrogen) atoms. The molecule has 0 aliphatic carbocycles. The van der Waals surface area contributed by atoms with E-state index >= 15 is 0 Å². The van der Waals surface area contributed by atoms with Crippen molar-refractivity contribution in [2.75, 3.05) is 18.4 Å². The number of aliphatic hydroxyl groups excluding tert-OH is 1. The van der Waals surface area contributed by atoms with Crippen LogP contribution < -0.4 is 19.5 Å². The van der Waals surface area contributed by atoms with Gasteiger partial charge in [0.15, 0.2) is 0 Å². The Morgan fingerprint density at radius 3 is 1.40 bits per heavy atom. The minimum absolute atomic E-state index is 0.0525. The van der Waals surface area contributed by atoms with Crippen LogP contribution in [0.15, 0.2) is 188 Å². The molecule has 7 aromatic carbocycles. The first kappa shape index (κ1) is 39.6. The Morgan fingerprint density at radius 1 is 0.500 bits per heavy atom. The standard InChI is InChI=1S/C51H48N2O5/c54-38-52-49-31-45(25-30-51(49)58-37-42-19-11-4-12-20-42)50(55)34-53(32-39-13-5-1-6-14-39)33-48(43-21-26-46(27-22-43)56-35-40-15-7-2-8-16-40)44-23-28-47(29-24-44)57-36-41-17-9-3-10-18-41/h1-31,38,48,50,55H,32-37H2,(H,52,54)/t50-/m0/s1. The van der Waals surface area contributed by atoms with Crippen molar-refractivity contribution < 1.29 is 24.1 Å². The number of nitrogens with one attached hydrogen (secondary N) is 1. The Hall–Kier alpha value is -6.67. The molecule has 0 saturated carbocycles. The molecule has 1 amide bonds. The molecular weight excluding hydrogens is 721 g/mol. The number of hydrogen-bond acceptors (Lipinski definition) is 6. The number of carbonyl (C=O) groups excluding carboxylic acids is 1. The molecule has 0 radical (unpaired) electrons. The summed E-state index contributed by atoms with van der Waals surface area (Å²) < 4.78 is 18.4. The second-order valence-electron chi connectivity index (χ2n) is 14.2. The molecule has 0 fully saturated rings. The number of anilines is 1. The summed E-state index contributed by atoms with van der Waals surface area (Å²) in [4.78, 5) is 13.9. The molecule has 0 spiro atoms. The average molecular weight is 769 g/mol. The highest BCUT2D eigenvalue weighted by atomic mass is 16.5. The van der Waals surface area contributed by atoms with E-state index in [1.54, 1.807) is 12.1 Å². The van der Waals surface area contributed by atoms with Crippen molar-refractivity contribution >= 4 is 12.1 Å². The molecule has 2 N–H and O–H groups in total. The fraction of sp³-hybridized carbons (Fsp3) is 0.157. The molecule has 0 aromatic heterocycles. The smallest absolute Gasteiger partial charge is 0.211 e. The highest BCUT2D eigenvalue weighted by Crippen LogP contribution is 2.33. The van der Waals surface area contributed by atoms with Gasteiger partial charge < -0.3 is 24.6 Å². The van der Waals surface area contributed by atoms with Gasteiger partial charge in [0.2, 0.25) is 6.41 Å². The Bertz CT molecular complexity index is 2180. The zero-order valence-corrected chi connectivity index (χ0v) is 32.4. The Morgan fingerprint density at radius 2 is 0.931 bits per heavy atom. The first-order valence-electron chi connectivity index (χ1n) is 19.6. The quantitative estimate of drug-likeness (QED) is 0.0752. The predicted molar refractivity (Wildman–Crippen MR) is 230 cm³/mol. The minimum Gasteiger partial charge on any atom is -0.489 e. The number of hydrogen-bond donors (Lipinski definition) is 2. The maximum atomic E-state index is 11.9. The lowest BCUT2D eigenvalue weighted by atomic mass is 9.90. The predicted octanol–water partition coefficient (Wildman–Crippen LogP) is 10.4. The average Bonchev–Trinajstić information content (AvgIpc) is 3.28. The van der Waals surface area contributed by atoms with Crippen molar-refractivity contribution in [2.24, 2.45) is 0 Å². The first-order chi connectivity index (χ1) is 28.6. The summed E-state index contributed by atoms with van der Waals surface area (Å²) in [5, 5.41) is 14.6. The lowest BCUT2D eigenvalue weighted by Gasteiger charge is -2.30. The second kappa shape index (κ2) is 20.5. The van der Waals surface area contributed by atoms with Crippen LogP contribution in [0.3, 0.4) is 0 Å². The molecule has 292 valence electrons. The Kier molecular flexibility index (Phi) is 14.0. The first-order valence-corrected chi connectivity index (χ1v) is 19.6. The molecule has 0 saturated heterocycles. The van der Waals surface area contributed by atoms with Crippen molar-refractivity contribution in [1.29, 1.82) is 0 Å². The van der Waals surface area contributed by atoms with Crippen molar-refractivity contribution in [3.63, 3.8) is 0 Å². The zero-order valence-electron chi connectivity index (χ0n) is 32.4. The summed E-state index contributed by atoms with van der Waals surface area (Å²) in [5.74, 6) is 2.07. The number of amides is 1. The third-order valence-electron chi connectivity index (χ3n) is 10.0. The van der Waals surface area contributed by atoms with Gasteiger partial charge in [0.25, 0.3) is 0 Å². The summed E-state index contributed by atoms with van der Waals surface area (Å²) in [7, 11) is 0. The molecule has 0 unspecified atom stereocenters. The van der Waals surface area contributed by atoms with E-state index < -0.39 is 6.10 Å². The third-order valence-corrected chi connectivity index (χ3v) is 10.0. The highest BCUT2D eigenvalue weighted by molar-refractivity contribution is 5.76. The van der Waals surface area contributed by atoms with Crippen LogP contribution in [0.25, 0.3) is 0 Å². The lowest BCUT2D eigenvalue weighted by molar-refractivity contribution is -0.105. The van der Waals surface area contributed by atoms with Crippen LogP contribution in [0.5, 0.6) is 17.2 Å². The Balaban J connectivity index is 1.14. The summed E-state index contributed by atoms with van der Waals surface area (Å²) in [6.07, 6.45) is -0.231. The van der Waals surface area contributed by atoms with E-state index in [1.807, 2.05) is 115 Å². The van der Waals surface area contributed by atoms with Gasteiger partial charge in [-0.3, -0.25) is 9.69 Å². The van der Waals surface area contributed by atoms with Gasteiger partial charge in [0.1, 0.15) is 37.1 Å². The minimum atomic E-state index is -0.859. The summed E-state index contributed by atoms with van der Waals surface area (Å²) in [6, 6.07) is 62.6. The van der Waals surface area contributed by atoms with Crippen LogP contribution in [0, 0.1) is 0 Å². The fourth-order valence-corrected chi connectivity index (χ4v) is 6.92. The van der Waals surface area contributed by atoms with Crippen molar-refractivity contribution in [1.82, 2.24) is 4.90 Å². The molecule has 0 aliphatic rings. The molecule has 0 heterocycles. The monoisotopic (exact) mass is 768 g/mol. The zero-order chi connectivity index (χ0) is 39.8. The van der Waals surface area contributed by atoms with Gasteiger partial charge in [-0.05, 0) is 75.3 Å². The van der Waals surface area contributed by atoms with Crippen LogP contribution in [0.1, 0.15) is 51.0 Å².